The van der Waals surface area contributed by atoms with E-state index in [1.54, 1.807) is 0 Å². The van der Waals surface area contributed by atoms with E-state index in [1.807, 2.05) is 0 Å². The van der Waals surface area contributed by atoms with Gasteiger partial charge in [-0.15, -0.1) is 0 Å². The van der Waals surface area contributed by atoms with Gasteiger partial charge in [0, 0.05) is 38.1 Å². The van der Waals surface area contributed by atoms with Gasteiger partial charge in [0.05, 0.1) is 0 Å². The number of piperazine rings is 1. The van der Waals surface area contributed by atoms with Crippen LogP contribution in [0.2, 0.25) is 0 Å². The molecular formula is C17H28N2O. The van der Waals surface area contributed by atoms with Crippen molar-refractivity contribution in [2.24, 2.45) is 17.8 Å². The Hall–Kier alpha value is -0.570. The lowest BCUT2D eigenvalue weighted by Gasteiger charge is -2.39. The minimum Gasteiger partial charge on any atom is -0.340 e. The Labute approximate surface area is 122 Å². The van der Waals surface area contributed by atoms with Crippen molar-refractivity contribution >= 4 is 5.91 Å². The first kappa shape index (κ1) is 13.1. The number of rotatable bonds is 2. The normalized spacial score (nSPS) is 38.8. The molecular weight excluding hydrogens is 248 g/mol. The number of nitrogens with zero attached hydrogens (tertiary/aromatic N) is 2. The summed E-state index contributed by atoms with van der Waals surface area (Å²) in [5.41, 5.74) is 0. The molecule has 1 amide bonds. The van der Waals surface area contributed by atoms with Gasteiger partial charge in [0.1, 0.15) is 0 Å². The predicted octanol–water partition coefficient (Wildman–Crippen LogP) is 2.51. The van der Waals surface area contributed by atoms with Gasteiger partial charge in [0.15, 0.2) is 0 Å². The highest BCUT2D eigenvalue weighted by atomic mass is 16.2. The first-order chi connectivity index (χ1) is 9.81. The van der Waals surface area contributed by atoms with Crippen LogP contribution in [-0.4, -0.2) is 47.9 Å². The molecule has 112 valence electrons. The average molecular weight is 276 g/mol. The number of fused-ring (bicyclic) bond motifs is 2. The molecule has 3 heteroatoms. The van der Waals surface area contributed by atoms with Crippen LogP contribution < -0.4 is 0 Å². The second-order valence-corrected chi connectivity index (χ2v) is 7.58. The van der Waals surface area contributed by atoms with Crippen molar-refractivity contribution in [1.29, 1.82) is 0 Å². The van der Waals surface area contributed by atoms with Crippen molar-refractivity contribution in [3.63, 3.8) is 0 Å². The summed E-state index contributed by atoms with van der Waals surface area (Å²) in [6.45, 7) is 4.22. The van der Waals surface area contributed by atoms with Gasteiger partial charge >= 0.3 is 0 Å². The highest BCUT2D eigenvalue weighted by Gasteiger charge is 2.44. The molecule has 0 aromatic heterocycles. The molecule has 1 heterocycles. The Morgan fingerprint density at radius 3 is 2.20 bits per heavy atom. The number of hydrogen-bond acceptors (Lipinski definition) is 2. The molecule has 0 aromatic carbocycles. The van der Waals surface area contributed by atoms with Gasteiger partial charge in [0.2, 0.25) is 5.91 Å². The van der Waals surface area contributed by atoms with Crippen molar-refractivity contribution < 1.29 is 4.79 Å². The van der Waals surface area contributed by atoms with E-state index in [2.05, 4.69) is 9.80 Å². The van der Waals surface area contributed by atoms with E-state index < -0.39 is 0 Å². The lowest BCUT2D eigenvalue weighted by Crippen LogP contribution is -2.53. The van der Waals surface area contributed by atoms with E-state index in [0.29, 0.717) is 11.8 Å². The van der Waals surface area contributed by atoms with E-state index in [4.69, 9.17) is 0 Å². The molecule has 3 nitrogen and oxygen atoms in total. The molecule has 0 radical (unpaired) electrons. The molecule has 3 saturated carbocycles. The van der Waals surface area contributed by atoms with Crippen molar-refractivity contribution in [3.8, 4) is 0 Å². The van der Waals surface area contributed by atoms with Crippen LogP contribution in [0.3, 0.4) is 0 Å². The fourth-order valence-corrected chi connectivity index (χ4v) is 5.36. The Morgan fingerprint density at radius 1 is 0.850 bits per heavy atom. The number of amides is 1. The molecule has 1 aliphatic heterocycles. The van der Waals surface area contributed by atoms with Gasteiger partial charge in [-0.05, 0) is 43.9 Å². The zero-order valence-electron chi connectivity index (χ0n) is 12.6. The van der Waals surface area contributed by atoms with Gasteiger partial charge in [0.25, 0.3) is 0 Å². The third kappa shape index (κ3) is 2.28. The first-order valence-corrected chi connectivity index (χ1v) is 8.84. The number of carbonyl (C=O) groups excluding carboxylic acids is 1. The average Bonchev–Trinajstić information content (AvgIpc) is 3.23. The summed E-state index contributed by atoms with van der Waals surface area (Å²) in [6.07, 6.45) is 10.9. The molecule has 3 atom stereocenters. The molecule has 0 spiro atoms. The molecule has 4 aliphatic rings. The molecule has 4 rings (SSSR count). The van der Waals surface area contributed by atoms with E-state index in [1.165, 1.54) is 51.4 Å². The first-order valence-electron chi connectivity index (χ1n) is 8.84. The molecule has 1 saturated heterocycles. The largest absolute Gasteiger partial charge is 0.340 e. The van der Waals surface area contributed by atoms with Crippen molar-refractivity contribution in [2.45, 2.75) is 57.4 Å². The van der Waals surface area contributed by atoms with E-state index >= 15 is 0 Å². The Balaban J connectivity index is 1.31. The topological polar surface area (TPSA) is 23.6 Å². The summed E-state index contributed by atoms with van der Waals surface area (Å²) in [4.78, 5) is 17.6. The Kier molecular flexibility index (Phi) is 3.49. The van der Waals surface area contributed by atoms with Crippen LogP contribution in [0.25, 0.3) is 0 Å². The lowest BCUT2D eigenvalue weighted by molar-refractivity contribution is -0.139. The van der Waals surface area contributed by atoms with E-state index in [0.717, 1.165) is 44.1 Å². The summed E-state index contributed by atoms with van der Waals surface area (Å²) in [5, 5.41) is 0. The highest BCUT2D eigenvalue weighted by molar-refractivity contribution is 5.79. The summed E-state index contributed by atoms with van der Waals surface area (Å²) in [6, 6.07) is 0.828. The van der Waals surface area contributed by atoms with Crippen LogP contribution in [0.4, 0.5) is 0 Å². The quantitative estimate of drug-likeness (QED) is 0.774. The Morgan fingerprint density at radius 2 is 1.60 bits per heavy atom. The molecule has 2 bridgehead atoms. The van der Waals surface area contributed by atoms with Crippen LogP contribution in [0.15, 0.2) is 0 Å². The van der Waals surface area contributed by atoms with Gasteiger partial charge < -0.3 is 4.90 Å². The summed E-state index contributed by atoms with van der Waals surface area (Å²) >= 11 is 0. The molecule has 0 N–H and O–H groups in total. The summed E-state index contributed by atoms with van der Waals surface area (Å²) in [5.74, 6) is 2.52. The smallest absolute Gasteiger partial charge is 0.226 e. The second-order valence-electron chi connectivity index (χ2n) is 7.58. The van der Waals surface area contributed by atoms with Crippen molar-refractivity contribution in [3.05, 3.63) is 0 Å². The molecule has 3 unspecified atom stereocenters. The predicted molar refractivity (Wildman–Crippen MR) is 79.3 cm³/mol. The SMILES string of the molecule is O=C(C1CC2CCC1C2)N1CCN(C2CCCC2)CC1. The molecule has 0 aromatic rings. The van der Waals surface area contributed by atoms with Gasteiger partial charge in [-0.3, -0.25) is 9.69 Å². The van der Waals surface area contributed by atoms with Crippen LogP contribution in [0.5, 0.6) is 0 Å². The standard InChI is InChI=1S/C17H28N2O/c20-17(16-12-13-5-6-14(16)11-13)19-9-7-18(8-10-19)15-3-1-2-4-15/h13-16H,1-12H2. The van der Waals surface area contributed by atoms with Gasteiger partial charge in [-0.25, -0.2) is 0 Å². The lowest BCUT2D eigenvalue weighted by atomic mass is 9.87. The third-order valence-corrected chi connectivity index (χ3v) is 6.52. The zero-order valence-corrected chi connectivity index (χ0v) is 12.6. The maximum atomic E-state index is 12.7. The van der Waals surface area contributed by atoms with E-state index in [-0.39, 0.29) is 0 Å². The van der Waals surface area contributed by atoms with Crippen LogP contribution >= 0.6 is 0 Å². The van der Waals surface area contributed by atoms with Crippen LogP contribution in [-0.2, 0) is 4.79 Å². The van der Waals surface area contributed by atoms with Crippen molar-refractivity contribution in [1.82, 2.24) is 9.80 Å². The fourth-order valence-electron chi connectivity index (χ4n) is 5.36. The highest BCUT2D eigenvalue weighted by Crippen LogP contribution is 2.48. The Bertz CT molecular complexity index is 369. The number of carbonyl (C=O) groups is 1. The zero-order chi connectivity index (χ0) is 13.5. The fraction of sp³-hybridized carbons (Fsp3) is 0.941. The molecule has 4 fully saturated rings. The van der Waals surface area contributed by atoms with E-state index in [9.17, 15) is 4.79 Å². The minimum atomic E-state index is 0.395. The summed E-state index contributed by atoms with van der Waals surface area (Å²) in [7, 11) is 0. The minimum absolute atomic E-state index is 0.395. The van der Waals surface area contributed by atoms with Crippen LogP contribution in [0.1, 0.15) is 51.4 Å². The number of hydrogen-bond donors (Lipinski definition) is 0. The second kappa shape index (κ2) is 5.32. The maximum Gasteiger partial charge on any atom is 0.226 e. The van der Waals surface area contributed by atoms with Crippen LogP contribution in [0, 0.1) is 17.8 Å². The molecule has 20 heavy (non-hydrogen) atoms. The molecule has 3 aliphatic carbocycles. The van der Waals surface area contributed by atoms with Crippen molar-refractivity contribution in [2.75, 3.05) is 26.2 Å². The maximum absolute atomic E-state index is 12.7. The van der Waals surface area contributed by atoms with Gasteiger partial charge in [-0.2, -0.15) is 0 Å². The van der Waals surface area contributed by atoms with Gasteiger partial charge in [-0.1, -0.05) is 19.3 Å². The monoisotopic (exact) mass is 276 g/mol. The summed E-state index contributed by atoms with van der Waals surface area (Å²) < 4.78 is 0. The third-order valence-electron chi connectivity index (χ3n) is 6.52.